The summed E-state index contributed by atoms with van der Waals surface area (Å²) in [7, 11) is 0. The molecule has 70 valence electrons. The molecule has 0 spiro atoms. The molecule has 1 unspecified atom stereocenters. The normalized spacial score (nSPS) is 32.4. The van der Waals surface area contributed by atoms with E-state index < -0.39 is 0 Å². The van der Waals surface area contributed by atoms with E-state index in [1.54, 1.807) is 0 Å². The summed E-state index contributed by atoms with van der Waals surface area (Å²) in [5.74, 6) is 2.07. The molecular weight excluding hydrogens is 150 g/mol. The lowest BCUT2D eigenvalue weighted by molar-refractivity contribution is 0.0270. The minimum absolute atomic E-state index is 0.357. The first-order valence-corrected chi connectivity index (χ1v) is 4.76. The van der Waals surface area contributed by atoms with Crippen molar-refractivity contribution in [3.63, 3.8) is 0 Å². The first-order chi connectivity index (χ1) is 5.52. The third-order valence-corrected chi connectivity index (χ3v) is 2.18. The third kappa shape index (κ3) is 1.79. The van der Waals surface area contributed by atoms with Gasteiger partial charge in [0.15, 0.2) is 5.90 Å². The van der Waals surface area contributed by atoms with Gasteiger partial charge < -0.3 is 4.74 Å². The van der Waals surface area contributed by atoms with Crippen molar-refractivity contribution in [3.8, 4) is 0 Å². The molecule has 1 fully saturated rings. The average molecular weight is 169 g/mol. The Morgan fingerprint density at radius 1 is 1.25 bits per heavy atom. The molecule has 0 aliphatic carbocycles. The molecule has 0 N–H and O–H groups in total. The predicted octanol–water partition coefficient (Wildman–Crippen LogP) is 2.48. The van der Waals surface area contributed by atoms with Gasteiger partial charge in [0.2, 0.25) is 0 Å². The van der Waals surface area contributed by atoms with Crippen molar-refractivity contribution in [1.82, 2.24) is 0 Å². The molecule has 0 aromatic rings. The zero-order valence-electron chi connectivity index (χ0n) is 8.66. The molecule has 0 radical (unpaired) electrons. The average Bonchev–Trinajstić information content (AvgIpc) is 1.95. The van der Waals surface area contributed by atoms with E-state index in [0.29, 0.717) is 24.0 Å². The Kier molecular flexibility index (Phi) is 2.76. The van der Waals surface area contributed by atoms with Gasteiger partial charge in [-0.25, -0.2) is 0 Å². The number of nitrogens with zero attached hydrogens (tertiary/aromatic N) is 1. The monoisotopic (exact) mass is 169 g/mol. The minimum Gasteiger partial charge on any atom is -0.476 e. The van der Waals surface area contributed by atoms with E-state index in [1.807, 2.05) is 0 Å². The predicted molar refractivity (Wildman–Crippen MR) is 51.4 cm³/mol. The highest BCUT2D eigenvalue weighted by molar-refractivity contribution is 5.84. The Morgan fingerprint density at radius 2 is 1.83 bits per heavy atom. The van der Waals surface area contributed by atoms with Crippen molar-refractivity contribution in [1.29, 1.82) is 0 Å². The summed E-state index contributed by atoms with van der Waals surface area (Å²) in [6.45, 7) is 10.7. The molecule has 2 heteroatoms. The molecule has 0 saturated carbocycles. The van der Waals surface area contributed by atoms with Crippen molar-refractivity contribution < 1.29 is 4.74 Å². The first kappa shape index (κ1) is 9.56. The number of hydrogen-bond acceptors (Lipinski definition) is 2. The highest BCUT2D eigenvalue weighted by Gasteiger charge is 2.38. The topological polar surface area (TPSA) is 21.6 Å². The number of aliphatic imine (C=N–C) groups is 1. The van der Waals surface area contributed by atoms with Crippen molar-refractivity contribution in [3.05, 3.63) is 0 Å². The summed E-state index contributed by atoms with van der Waals surface area (Å²) in [5.41, 5.74) is 0. The number of ether oxygens (including phenoxy) is 1. The van der Waals surface area contributed by atoms with Crippen LogP contribution in [0.3, 0.4) is 0 Å². The summed E-state index contributed by atoms with van der Waals surface area (Å²) in [6.07, 6.45) is 0.391. The fourth-order valence-corrected chi connectivity index (χ4v) is 1.53. The quantitative estimate of drug-likeness (QED) is 0.622. The van der Waals surface area contributed by atoms with Crippen LogP contribution in [0.5, 0.6) is 0 Å². The van der Waals surface area contributed by atoms with Gasteiger partial charge in [0.05, 0.1) is 5.92 Å². The lowest BCUT2D eigenvalue weighted by Gasteiger charge is -2.39. The maximum absolute atomic E-state index is 5.57. The van der Waals surface area contributed by atoms with Crippen molar-refractivity contribution in [2.24, 2.45) is 16.8 Å². The van der Waals surface area contributed by atoms with Gasteiger partial charge in [0.1, 0.15) is 6.10 Å². The van der Waals surface area contributed by atoms with Crippen LogP contribution in [0.4, 0.5) is 0 Å². The van der Waals surface area contributed by atoms with Crippen molar-refractivity contribution >= 4 is 5.90 Å². The van der Waals surface area contributed by atoms with Gasteiger partial charge in [-0.15, -0.1) is 0 Å². The largest absolute Gasteiger partial charge is 0.476 e. The van der Waals surface area contributed by atoms with E-state index in [0.717, 1.165) is 5.90 Å². The molecule has 1 saturated heterocycles. The molecule has 2 nitrogen and oxygen atoms in total. The Morgan fingerprint density at radius 3 is 2.17 bits per heavy atom. The van der Waals surface area contributed by atoms with Gasteiger partial charge >= 0.3 is 0 Å². The van der Waals surface area contributed by atoms with Crippen molar-refractivity contribution in [2.45, 2.75) is 46.8 Å². The molecule has 0 bridgehead atoms. The van der Waals surface area contributed by atoms with Crippen LogP contribution in [-0.4, -0.2) is 18.0 Å². The summed E-state index contributed by atoms with van der Waals surface area (Å²) < 4.78 is 5.57. The molecule has 0 aromatic carbocycles. The molecular formula is C10H19NO. The SMILES string of the molecule is CC(C)N=C1O[C@H](C(C)C)C1C. The van der Waals surface area contributed by atoms with Crippen LogP contribution in [0.2, 0.25) is 0 Å². The molecule has 1 rings (SSSR count). The fraction of sp³-hybridized carbons (Fsp3) is 0.900. The van der Waals surface area contributed by atoms with Crippen LogP contribution in [-0.2, 0) is 4.74 Å². The molecule has 1 heterocycles. The van der Waals surface area contributed by atoms with E-state index >= 15 is 0 Å². The third-order valence-electron chi connectivity index (χ3n) is 2.18. The standard InChI is InChI=1S/C10H19NO/c1-6(2)9-8(5)10(12-9)11-7(3)4/h6-9H,1-5H3/t8?,9-/m1/s1. The second-order valence-electron chi connectivity index (χ2n) is 4.18. The lowest BCUT2D eigenvalue weighted by atomic mass is 9.89. The van der Waals surface area contributed by atoms with Gasteiger partial charge in [-0.1, -0.05) is 20.8 Å². The van der Waals surface area contributed by atoms with E-state index in [9.17, 15) is 0 Å². The minimum atomic E-state index is 0.357. The van der Waals surface area contributed by atoms with Crippen LogP contribution >= 0.6 is 0 Å². The zero-order valence-corrected chi connectivity index (χ0v) is 8.66. The molecule has 0 amide bonds. The van der Waals surface area contributed by atoms with E-state index in [-0.39, 0.29) is 0 Å². The first-order valence-electron chi connectivity index (χ1n) is 4.76. The molecule has 1 aliphatic rings. The summed E-state index contributed by atoms with van der Waals surface area (Å²) in [5, 5.41) is 0. The van der Waals surface area contributed by atoms with Gasteiger partial charge in [-0.2, -0.15) is 0 Å². The van der Waals surface area contributed by atoms with Gasteiger partial charge in [-0.05, 0) is 19.8 Å². The highest BCUT2D eigenvalue weighted by atomic mass is 16.5. The molecule has 12 heavy (non-hydrogen) atoms. The molecule has 2 atom stereocenters. The Bertz CT molecular complexity index is 184. The Hall–Kier alpha value is -0.530. The second kappa shape index (κ2) is 3.46. The fourth-order valence-electron chi connectivity index (χ4n) is 1.53. The maximum Gasteiger partial charge on any atom is 0.190 e. The summed E-state index contributed by atoms with van der Waals surface area (Å²) in [6, 6.07) is 0.357. The van der Waals surface area contributed by atoms with Crippen LogP contribution in [0, 0.1) is 11.8 Å². The summed E-state index contributed by atoms with van der Waals surface area (Å²) >= 11 is 0. The van der Waals surface area contributed by atoms with Gasteiger partial charge in [-0.3, -0.25) is 4.99 Å². The van der Waals surface area contributed by atoms with Crippen LogP contribution < -0.4 is 0 Å². The van der Waals surface area contributed by atoms with E-state index in [4.69, 9.17) is 4.74 Å². The smallest absolute Gasteiger partial charge is 0.190 e. The summed E-state index contributed by atoms with van der Waals surface area (Å²) in [4.78, 5) is 4.39. The lowest BCUT2D eigenvalue weighted by Crippen LogP contribution is -2.46. The highest BCUT2D eigenvalue weighted by Crippen LogP contribution is 2.29. The molecule has 1 aliphatic heterocycles. The van der Waals surface area contributed by atoms with Gasteiger partial charge in [0, 0.05) is 6.04 Å². The second-order valence-corrected chi connectivity index (χ2v) is 4.18. The maximum atomic E-state index is 5.57. The Labute approximate surface area is 75.0 Å². The van der Waals surface area contributed by atoms with Gasteiger partial charge in [0.25, 0.3) is 0 Å². The van der Waals surface area contributed by atoms with Crippen LogP contribution in [0.1, 0.15) is 34.6 Å². The Balaban J connectivity index is 2.48. The molecule has 0 aromatic heterocycles. The number of hydrogen-bond donors (Lipinski definition) is 0. The van der Waals surface area contributed by atoms with E-state index in [2.05, 4.69) is 39.6 Å². The van der Waals surface area contributed by atoms with Crippen LogP contribution in [0.15, 0.2) is 4.99 Å². The van der Waals surface area contributed by atoms with E-state index in [1.165, 1.54) is 0 Å². The number of rotatable bonds is 2. The van der Waals surface area contributed by atoms with Crippen molar-refractivity contribution in [2.75, 3.05) is 0 Å². The zero-order chi connectivity index (χ0) is 9.30. The van der Waals surface area contributed by atoms with Crippen LogP contribution in [0.25, 0.3) is 0 Å².